The Morgan fingerprint density at radius 3 is 0.915 bits per heavy atom. The molecule has 0 heterocycles. The zero-order valence-electron chi connectivity index (χ0n) is 57.7. The molecule has 6 aliphatic rings. The minimum atomic E-state index is -1.39. The summed E-state index contributed by atoms with van der Waals surface area (Å²) in [6.45, 7) is 17.9. The van der Waals surface area contributed by atoms with Crippen molar-refractivity contribution in [1.82, 2.24) is 53.2 Å². The number of alkyl carbamates (subject to hydrolysis) is 1. The van der Waals surface area contributed by atoms with Crippen LogP contribution < -0.4 is 53.2 Å². The first-order valence-corrected chi connectivity index (χ1v) is 34.0. The molecule has 6 saturated carbocycles. The Balaban J connectivity index is 0.00000305. The number of hydrogen-bond donors (Lipinski definition) is 13. The Hall–Kier alpha value is -6.45. The maximum absolute atomic E-state index is 14.1. The lowest BCUT2D eigenvalue weighted by Crippen LogP contribution is -2.60. The van der Waals surface area contributed by atoms with Gasteiger partial charge in [-0.2, -0.15) is 0 Å². The van der Waals surface area contributed by atoms with E-state index in [4.69, 9.17) is 24.8 Å². The van der Waals surface area contributed by atoms with Crippen molar-refractivity contribution in [1.29, 1.82) is 0 Å². The second kappa shape index (κ2) is 35.5. The number of hydrogen-bond acceptors (Lipinski definition) is 16. The zero-order chi connectivity index (χ0) is 70.7. The molecular formula is C67H109BrN10O16. The van der Waals surface area contributed by atoms with Crippen molar-refractivity contribution in [2.75, 3.05) is 21.3 Å². The van der Waals surface area contributed by atoms with E-state index < -0.39 is 135 Å². The van der Waals surface area contributed by atoms with E-state index in [1.807, 2.05) is 24.3 Å². The summed E-state index contributed by atoms with van der Waals surface area (Å²) >= 11 is 3.39. The molecule has 6 aliphatic carbocycles. The van der Waals surface area contributed by atoms with Gasteiger partial charge < -0.3 is 78.0 Å². The number of esters is 1. The van der Waals surface area contributed by atoms with Gasteiger partial charge in [-0.1, -0.05) is 66.6 Å². The lowest BCUT2D eigenvalue weighted by atomic mass is 9.94. The summed E-state index contributed by atoms with van der Waals surface area (Å²) in [4.78, 5) is 150. The molecule has 27 heteroatoms. The van der Waals surface area contributed by atoms with E-state index in [1.165, 1.54) is 0 Å². The van der Waals surface area contributed by atoms with Crippen molar-refractivity contribution >= 4 is 81.2 Å². The van der Waals surface area contributed by atoms with Crippen LogP contribution in [0.5, 0.6) is 0 Å². The first kappa shape index (κ1) is 80.0. The van der Waals surface area contributed by atoms with E-state index in [2.05, 4.69) is 69.1 Å². The molecule has 0 aliphatic heterocycles. The minimum Gasteiger partial charge on any atom is -0.459 e. The molecule has 530 valence electrons. The Bertz CT molecular complexity index is 2790. The molecule has 26 nitrogen and oxygen atoms in total. The van der Waals surface area contributed by atoms with Crippen molar-refractivity contribution in [2.45, 2.75) is 262 Å². The number of carbonyl (C=O) groups excluding carboxylic acids is 11. The van der Waals surface area contributed by atoms with Crippen LogP contribution in [0.25, 0.3) is 0 Å². The number of carbonyl (C=O) groups is 11. The van der Waals surface area contributed by atoms with Crippen molar-refractivity contribution < 1.29 is 77.5 Å². The number of nitrogens with one attached hydrogen (secondary N) is 10. The van der Waals surface area contributed by atoms with Crippen molar-refractivity contribution in [3.05, 3.63) is 34.3 Å². The van der Waals surface area contributed by atoms with Crippen molar-refractivity contribution in [3.63, 3.8) is 0 Å². The van der Waals surface area contributed by atoms with Crippen LogP contribution in [0, 0.1) is 35.5 Å². The van der Waals surface area contributed by atoms with Gasteiger partial charge in [-0.15, -0.1) is 0 Å². The van der Waals surface area contributed by atoms with Gasteiger partial charge in [0.05, 0.1) is 35.5 Å². The molecule has 12 atom stereocenters. The molecule has 94 heavy (non-hydrogen) atoms. The van der Waals surface area contributed by atoms with Crippen molar-refractivity contribution in [3.8, 4) is 0 Å². The van der Waals surface area contributed by atoms with E-state index in [1.54, 1.807) is 76.2 Å². The molecule has 0 bridgehead atoms. The number of rotatable bonds is 22. The van der Waals surface area contributed by atoms with Crippen LogP contribution in [0.2, 0.25) is 0 Å². The molecule has 0 saturated heterocycles. The molecule has 0 spiro atoms. The minimum absolute atomic E-state index is 0.0443. The van der Waals surface area contributed by atoms with E-state index in [0.717, 1.165) is 31.4 Å². The third-order valence-electron chi connectivity index (χ3n) is 18.7. The highest BCUT2D eigenvalue weighted by atomic mass is 79.9. The summed E-state index contributed by atoms with van der Waals surface area (Å²) in [6.07, 6.45) is 9.68. The molecule has 7 rings (SSSR count). The van der Waals surface area contributed by atoms with Gasteiger partial charge in [-0.25, -0.2) is 9.59 Å². The first-order valence-electron chi connectivity index (χ1n) is 33.2. The number of benzene rings is 1. The average Bonchev–Trinajstić information content (AvgIpc) is 1.53. The molecule has 6 fully saturated rings. The molecule has 1 aromatic carbocycles. The fourth-order valence-corrected chi connectivity index (χ4v) is 13.8. The van der Waals surface area contributed by atoms with Gasteiger partial charge in [0.1, 0.15) is 34.4 Å². The van der Waals surface area contributed by atoms with Gasteiger partial charge in [0, 0.05) is 62.1 Å². The Labute approximate surface area is 562 Å². The Morgan fingerprint density at radius 2 is 0.628 bits per heavy atom. The molecule has 0 aromatic heterocycles. The summed E-state index contributed by atoms with van der Waals surface area (Å²) in [7, 11) is 3.00. The molecular weight excluding hydrogens is 1280 g/mol. The highest BCUT2D eigenvalue weighted by Gasteiger charge is 2.47. The van der Waals surface area contributed by atoms with Gasteiger partial charge in [-0.05, 0) is 171 Å². The number of aliphatic hydroxyl groups excluding tert-OH is 3. The maximum atomic E-state index is 14.1. The van der Waals surface area contributed by atoms with Crippen LogP contribution >= 0.6 is 15.9 Å². The fraction of sp³-hybridized carbons (Fsp3) is 0.746. The Kier molecular flexibility index (Phi) is 30.2. The average molecular weight is 1390 g/mol. The topological polar surface area (TPSA) is 387 Å². The number of aliphatic hydroxyl groups is 3. The van der Waals surface area contributed by atoms with Gasteiger partial charge in [0.25, 0.3) is 0 Å². The summed E-state index contributed by atoms with van der Waals surface area (Å²) < 4.78 is 11.8. The van der Waals surface area contributed by atoms with E-state index in [0.29, 0.717) is 116 Å². The number of amides is 10. The SMILES string of the molecule is CC(C)(C)OC(=O)NC(C)(C)C(=O)N[C@H]1CCC[C@@H]1C(=O)N[C@H]1CCC[C@@H]1C(=O)NC(C)(C)C(=O)N[C@H]1CCC[C@@H]1C(=O)N[C@H]1CCC[C@@H]1C(=O)NC(C)(C)C(=O)N[C@H]1CCC[C@@H]1C(=O)N[C@H]1CCC[C@@H]1C(=O)NC(C)(C)C(=O)OCc1ccc(Br)cc1.CO.CO.CO. The summed E-state index contributed by atoms with van der Waals surface area (Å²) in [6, 6.07) is 4.32. The second-order valence-corrected chi connectivity index (χ2v) is 29.5. The second-order valence-electron chi connectivity index (χ2n) is 28.6. The van der Waals surface area contributed by atoms with Crippen LogP contribution in [0.15, 0.2) is 28.7 Å². The summed E-state index contributed by atoms with van der Waals surface area (Å²) in [5, 5.41) is 50.6. The highest BCUT2D eigenvalue weighted by Crippen LogP contribution is 2.35. The molecule has 0 unspecified atom stereocenters. The van der Waals surface area contributed by atoms with Crippen molar-refractivity contribution in [2.24, 2.45) is 35.5 Å². The van der Waals surface area contributed by atoms with Crippen LogP contribution in [-0.4, -0.2) is 166 Å². The predicted octanol–water partition coefficient (Wildman–Crippen LogP) is 4.01. The predicted molar refractivity (Wildman–Crippen MR) is 354 cm³/mol. The monoisotopic (exact) mass is 1390 g/mol. The molecule has 13 N–H and O–H groups in total. The largest absolute Gasteiger partial charge is 0.459 e. The molecule has 10 amide bonds. The third-order valence-corrected chi connectivity index (χ3v) is 19.2. The lowest BCUT2D eigenvalue weighted by Gasteiger charge is -2.32. The normalized spacial score (nSPS) is 25.7. The molecule has 1 aromatic rings. The van der Waals surface area contributed by atoms with Gasteiger partial charge >= 0.3 is 12.1 Å². The van der Waals surface area contributed by atoms with Crippen LogP contribution in [0.4, 0.5) is 4.79 Å². The van der Waals surface area contributed by atoms with Gasteiger partial charge in [0.2, 0.25) is 53.2 Å². The standard InChI is InChI=1S/C64H97BrN10O13.3CH4O/c1-60(2,3)88-59(86)75-63(8,9)57(84)71-48-29-14-20-39(48)51(78)67-44-25-16-22-41(44)53(80)73-61(4,5)55(82)69-46-27-12-18-37(46)49(76)66-43-24-15-21-40(43)52(79)72-62(6,7)56(83)70-47-28-13-19-38(47)50(77)68-45-26-17-23-42(45)54(81)74-64(10,11)58(85)87-34-35-30-32-36(65)33-31-35;3*1-2/h30-33,37-48H,12-29,34H2,1-11H3,(H,66,76)(H,67,78)(H,68,77)(H,69,82)(H,70,83)(H,71,84)(H,72,79)(H,73,80)(H,74,81)(H,75,86);3*2H,1H3/t37-,38-,39-,40-,41-,42-,43-,44-,45-,46-,47-,48-;;;/m0.../s1. The van der Waals surface area contributed by atoms with E-state index >= 15 is 0 Å². The number of halogens is 1. The summed E-state index contributed by atoms with van der Waals surface area (Å²) in [5.41, 5.74) is -5.39. The van der Waals surface area contributed by atoms with E-state index in [-0.39, 0.29) is 36.1 Å². The fourth-order valence-electron chi connectivity index (χ4n) is 13.5. The summed E-state index contributed by atoms with van der Waals surface area (Å²) in [5.74, 6) is -7.52. The highest BCUT2D eigenvalue weighted by molar-refractivity contribution is 9.10. The van der Waals surface area contributed by atoms with Crippen LogP contribution in [0.1, 0.15) is 197 Å². The lowest BCUT2D eigenvalue weighted by molar-refractivity contribution is -0.154. The smallest absolute Gasteiger partial charge is 0.408 e. The van der Waals surface area contributed by atoms with Gasteiger partial charge in [-0.3, -0.25) is 43.2 Å². The Morgan fingerprint density at radius 1 is 0.372 bits per heavy atom. The first-order chi connectivity index (χ1) is 44.1. The van der Waals surface area contributed by atoms with Gasteiger partial charge in [0.15, 0.2) is 0 Å². The van der Waals surface area contributed by atoms with Crippen LogP contribution in [-0.2, 0) is 64.0 Å². The van der Waals surface area contributed by atoms with Crippen LogP contribution in [0.3, 0.4) is 0 Å². The maximum Gasteiger partial charge on any atom is 0.408 e. The zero-order valence-corrected chi connectivity index (χ0v) is 59.3. The molecule has 0 radical (unpaired) electrons. The van der Waals surface area contributed by atoms with E-state index in [9.17, 15) is 52.7 Å². The number of ether oxygens (including phenoxy) is 2. The third kappa shape index (κ3) is 22.3. The quantitative estimate of drug-likeness (QED) is 0.0729.